The van der Waals surface area contributed by atoms with Crippen molar-refractivity contribution in [3.63, 3.8) is 0 Å². The molecule has 3 fully saturated rings. The second kappa shape index (κ2) is 34.4. The number of piperazine rings is 3. The molecule has 3 aliphatic rings. The van der Waals surface area contributed by atoms with Crippen LogP contribution in [0.1, 0.15) is 48.5 Å². The third kappa shape index (κ3) is 19.9. The molecule has 6 aromatic carbocycles. The van der Waals surface area contributed by atoms with E-state index >= 15 is 8.78 Å². The minimum atomic E-state index is -1.89. The van der Waals surface area contributed by atoms with Gasteiger partial charge in [0, 0.05) is 129 Å². The molecular formula is C71H68BBrF12N12O8. The summed E-state index contributed by atoms with van der Waals surface area (Å²) >= 11 is 2.89. The zero-order valence-corrected chi connectivity index (χ0v) is 59.0. The van der Waals surface area contributed by atoms with E-state index in [9.17, 15) is 63.1 Å². The highest BCUT2D eigenvalue weighted by Gasteiger charge is 2.32. The van der Waals surface area contributed by atoms with Crippen LogP contribution in [0.15, 0.2) is 122 Å². The Morgan fingerprint density at radius 3 is 1.09 bits per heavy atom. The predicted octanol–water partition coefficient (Wildman–Crippen LogP) is 12.7. The average Bonchev–Trinajstić information content (AvgIpc) is 0.768. The Morgan fingerprint density at radius 1 is 0.448 bits per heavy atom. The second-order valence-corrected chi connectivity index (χ2v) is 26.2. The molecule has 0 unspecified atom stereocenters. The number of nitrogens with zero attached hydrogens (tertiary/aromatic N) is 12. The first kappa shape index (κ1) is 80.2. The van der Waals surface area contributed by atoms with E-state index in [0.717, 1.165) is 61.2 Å². The Hall–Kier alpha value is -10.5. The predicted molar refractivity (Wildman–Crippen MR) is 373 cm³/mol. The molecular weight excluding hydrogens is 1470 g/mol. The summed E-state index contributed by atoms with van der Waals surface area (Å²) in [6.07, 6.45) is 5.25. The first-order chi connectivity index (χ1) is 49.5. The summed E-state index contributed by atoms with van der Waals surface area (Å²) in [6, 6.07) is 10.8. The number of halogens is 13. The van der Waals surface area contributed by atoms with E-state index in [1.807, 2.05) is 25.7 Å². The standard InChI is InChI=1S/C23H22F4N4O2.C21H16F4N4O.C17H19BrF2N4O2.C6H5BF2O2.C4H6O/c1-23(2,3)33-22(32)31-8-6-30(7-9-31)21-15-11-17(26)18(19(27)20(15)28-12-29-21)14-5-4-13(24)10-16(14)25;1-2-17(30)28-5-7-29(8-6-28)21-14-10-16(24)18(19(25)20(14)26-11-27-21)13-4-3-12(22)9-15(13)23;1-17(2,3)26-16(25)24-6-4-23(5-7-24)15-10-8-11(19)12(18)13(20)14(10)21-9-22-15;8-4-1-2-5(7(10)11)6(9)3-4;1-3-4(2)5/h4-5,10-12H,6-9H2,1-3H3;2-4,9-11H,1,5-8H2;8-9H,4-7H2,1-3H3;1-3,10-11H;3H,1H2,2H3. The van der Waals surface area contributed by atoms with Crippen molar-refractivity contribution < 1.29 is 91.4 Å². The van der Waals surface area contributed by atoms with E-state index < -0.39 is 116 Å². The van der Waals surface area contributed by atoms with Crippen molar-refractivity contribution in [2.75, 3.05) is 93.2 Å². The maximum absolute atomic E-state index is 15.3. The molecule has 554 valence electrons. The van der Waals surface area contributed by atoms with Gasteiger partial charge >= 0.3 is 19.3 Å². The molecule has 0 atom stereocenters. The van der Waals surface area contributed by atoms with Gasteiger partial charge < -0.3 is 48.9 Å². The van der Waals surface area contributed by atoms with Crippen molar-refractivity contribution in [2.45, 2.75) is 59.7 Å². The lowest BCUT2D eigenvalue weighted by atomic mass is 9.80. The van der Waals surface area contributed by atoms with Crippen molar-refractivity contribution in [1.29, 1.82) is 0 Å². The highest BCUT2D eigenvalue weighted by molar-refractivity contribution is 9.10. The lowest BCUT2D eigenvalue weighted by molar-refractivity contribution is -0.126. The largest absolute Gasteiger partial charge is 0.491 e. The van der Waals surface area contributed by atoms with Crippen molar-refractivity contribution in [3.8, 4) is 22.3 Å². The molecule has 3 aromatic heterocycles. The highest BCUT2D eigenvalue weighted by Crippen LogP contribution is 2.39. The van der Waals surface area contributed by atoms with Gasteiger partial charge in [0.2, 0.25) is 5.91 Å². The van der Waals surface area contributed by atoms with Crippen molar-refractivity contribution in [1.82, 2.24) is 44.6 Å². The first-order valence-electron chi connectivity index (χ1n) is 32.0. The molecule has 20 nitrogen and oxygen atoms in total. The van der Waals surface area contributed by atoms with Gasteiger partial charge in [0.15, 0.2) is 23.2 Å². The zero-order valence-electron chi connectivity index (χ0n) is 57.4. The number of aromatic nitrogens is 6. The number of carbonyl (C=O) groups is 4. The van der Waals surface area contributed by atoms with Gasteiger partial charge in [-0.05, 0) is 125 Å². The second-order valence-electron chi connectivity index (χ2n) is 25.4. The number of hydrogen-bond acceptors (Lipinski definition) is 17. The van der Waals surface area contributed by atoms with Crippen LogP contribution in [0, 0.1) is 69.8 Å². The molecule has 0 aliphatic carbocycles. The van der Waals surface area contributed by atoms with Crippen molar-refractivity contribution >= 4 is 103 Å². The molecule has 0 bridgehead atoms. The summed E-state index contributed by atoms with van der Waals surface area (Å²) < 4.78 is 179. The van der Waals surface area contributed by atoms with Gasteiger partial charge in [-0.2, -0.15) is 0 Å². The third-order valence-electron chi connectivity index (χ3n) is 15.8. The molecule has 9 aromatic rings. The number of amides is 3. The molecule has 105 heavy (non-hydrogen) atoms. The molecule has 3 saturated heterocycles. The van der Waals surface area contributed by atoms with E-state index in [0.29, 0.717) is 120 Å². The van der Waals surface area contributed by atoms with Crippen LogP contribution in [0.4, 0.5) is 79.7 Å². The van der Waals surface area contributed by atoms with Gasteiger partial charge in [0.05, 0.1) is 15.6 Å². The summed E-state index contributed by atoms with van der Waals surface area (Å²) in [5.74, 6) is -10.3. The summed E-state index contributed by atoms with van der Waals surface area (Å²) in [5.41, 5.74) is -3.86. The number of fused-ring (bicyclic) bond motifs is 3. The summed E-state index contributed by atoms with van der Waals surface area (Å²) in [6.45, 7) is 23.8. The topological polar surface area (TPSA) is 224 Å². The van der Waals surface area contributed by atoms with E-state index in [2.05, 4.69) is 59.0 Å². The lowest BCUT2D eigenvalue weighted by Crippen LogP contribution is -2.50. The van der Waals surface area contributed by atoms with Gasteiger partial charge in [-0.3, -0.25) is 9.59 Å². The minimum Gasteiger partial charge on any atom is -0.444 e. The zero-order chi connectivity index (χ0) is 77.1. The quantitative estimate of drug-likeness (QED) is 0.0624. The third-order valence-corrected chi connectivity index (χ3v) is 16.5. The molecule has 3 amide bonds. The fourth-order valence-corrected chi connectivity index (χ4v) is 11.1. The Morgan fingerprint density at radius 2 is 0.771 bits per heavy atom. The first-order valence-corrected chi connectivity index (χ1v) is 32.8. The smallest absolute Gasteiger partial charge is 0.444 e. The van der Waals surface area contributed by atoms with Gasteiger partial charge in [-0.1, -0.05) is 19.2 Å². The summed E-state index contributed by atoms with van der Waals surface area (Å²) in [7, 11) is -1.89. The van der Waals surface area contributed by atoms with Crippen LogP contribution >= 0.6 is 15.9 Å². The SMILES string of the molecule is C=CC(=O)N1CCN(c2ncnc3c(F)c(-c4ccc(F)cc4F)c(F)cc23)CC1.C=CC(C)=O.CC(C)(C)OC(=O)N1CCN(c2ncnc3c(F)c(-c4ccc(F)cc4F)c(F)cc23)CC1.CC(C)(C)OC(=O)N1CCN(c2ncnc3c(F)c(Br)c(F)cc23)CC1.OB(O)c1ccc(F)cc1F. The summed E-state index contributed by atoms with van der Waals surface area (Å²) in [5, 5.41) is 17.5. The van der Waals surface area contributed by atoms with Crippen LogP contribution in [-0.2, 0) is 19.1 Å². The van der Waals surface area contributed by atoms with E-state index in [1.54, 1.807) is 45.3 Å². The van der Waals surface area contributed by atoms with Gasteiger partial charge in [0.25, 0.3) is 0 Å². The normalized spacial score (nSPS) is 13.8. The number of allylic oxidation sites excluding steroid dienone is 1. The van der Waals surface area contributed by atoms with Crippen LogP contribution in [0.3, 0.4) is 0 Å². The van der Waals surface area contributed by atoms with Gasteiger partial charge in [0.1, 0.15) is 117 Å². The number of benzene rings is 6. The molecule has 6 heterocycles. The number of hydrogen-bond donors (Lipinski definition) is 2. The highest BCUT2D eigenvalue weighted by atomic mass is 79.9. The number of ketones is 1. The maximum Gasteiger partial charge on any atom is 0.491 e. The van der Waals surface area contributed by atoms with Gasteiger partial charge in [-0.15, -0.1) is 0 Å². The Balaban J connectivity index is 0.000000181. The molecule has 3 aliphatic heterocycles. The van der Waals surface area contributed by atoms with Crippen molar-refractivity contribution in [3.05, 3.63) is 191 Å². The average molecular weight is 1540 g/mol. The Labute approximate surface area is 602 Å². The van der Waals surface area contributed by atoms with Crippen LogP contribution in [0.5, 0.6) is 0 Å². The van der Waals surface area contributed by atoms with Crippen molar-refractivity contribution in [2.24, 2.45) is 0 Å². The van der Waals surface area contributed by atoms with E-state index in [1.165, 1.54) is 31.5 Å². The maximum atomic E-state index is 15.3. The molecule has 0 radical (unpaired) electrons. The number of rotatable bonds is 8. The molecule has 34 heteroatoms. The molecule has 12 rings (SSSR count). The minimum absolute atomic E-state index is 0.0185. The molecule has 0 spiro atoms. The Bertz CT molecular complexity index is 4750. The Kier molecular flexibility index (Phi) is 26.3. The van der Waals surface area contributed by atoms with E-state index in [-0.39, 0.29) is 55.0 Å². The van der Waals surface area contributed by atoms with E-state index in [4.69, 9.17) is 19.5 Å². The van der Waals surface area contributed by atoms with Crippen LogP contribution < -0.4 is 20.2 Å². The summed E-state index contributed by atoms with van der Waals surface area (Å²) in [4.78, 5) is 80.5. The fraction of sp³-hybridized carbons (Fsp3) is 0.296. The number of anilines is 3. The van der Waals surface area contributed by atoms with Crippen LogP contribution in [0.2, 0.25) is 0 Å². The fourth-order valence-electron chi connectivity index (χ4n) is 10.8. The van der Waals surface area contributed by atoms with Crippen LogP contribution in [0.25, 0.3) is 55.0 Å². The monoisotopic (exact) mass is 1530 g/mol. The number of ether oxygens (including phenoxy) is 2. The van der Waals surface area contributed by atoms with Crippen LogP contribution in [-0.4, -0.2) is 175 Å². The molecule has 2 N–H and O–H groups in total. The lowest BCUT2D eigenvalue weighted by Gasteiger charge is -2.36. The van der Waals surface area contributed by atoms with Gasteiger partial charge in [-0.25, -0.2) is 92.2 Å². The number of carbonyl (C=O) groups excluding carboxylic acids is 4. The molecule has 0 saturated carbocycles.